The third-order valence-corrected chi connectivity index (χ3v) is 0.607. The first-order chi connectivity index (χ1) is 4.41. The van der Waals surface area contributed by atoms with E-state index in [1.165, 1.54) is 0 Å². The molecule has 0 aromatic carbocycles. The van der Waals surface area contributed by atoms with Crippen LogP contribution < -0.4 is 22.7 Å². The Morgan fingerprint density at radius 3 is 1.50 bits per heavy atom. The Morgan fingerprint density at radius 2 is 1.40 bits per heavy atom. The first-order valence-corrected chi connectivity index (χ1v) is 2.91. The van der Waals surface area contributed by atoms with Crippen LogP contribution in [0.25, 0.3) is 0 Å². The summed E-state index contributed by atoms with van der Waals surface area (Å²) in [7, 11) is 3.75. The van der Waals surface area contributed by atoms with Crippen LogP contribution in [0.15, 0.2) is 30.6 Å². The van der Waals surface area contributed by atoms with E-state index in [1.54, 1.807) is 0 Å². The molecular weight excluding hydrogens is 148 g/mol. The average molecular weight is 161 g/mol. The molecule has 1 aromatic heterocycles. The van der Waals surface area contributed by atoms with E-state index in [9.17, 15) is 0 Å². The van der Waals surface area contributed by atoms with Crippen molar-refractivity contribution in [2.24, 2.45) is 0 Å². The van der Waals surface area contributed by atoms with E-state index in [1.807, 2.05) is 44.7 Å². The van der Waals surface area contributed by atoms with Crippen molar-refractivity contribution in [3.05, 3.63) is 30.6 Å². The smallest absolute Gasteiger partial charge is 0.166 e. The highest BCUT2D eigenvalue weighted by Crippen LogP contribution is 1.68. The normalized spacial score (nSPS) is 6.60. The van der Waals surface area contributed by atoms with Gasteiger partial charge in [0.1, 0.15) is 0 Å². The zero-order chi connectivity index (χ0) is 6.95. The van der Waals surface area contributed by atoms with Crippen LogP contribution in [0.2, 0.25) is 0 Å². The molecule has 0 bridgehead atoms. The van der Waals surface area contributed by atoms with Crippen LogP contribution in [0.4, 0.5) is 0 Å². The molecule has 0 saturated carbocycles. The summed E-state index contributed by atoms with van der Waals surface area (Å²) in [6, 6.07) is 5.86. The molecule has 58 valence electrons. The number of hydrogen-bond acceptors (Lipinski definition) is 1. The van der Waals surface area contributed by atoms with Crippen LogP contribution in [0, 0.1) is 0 Å². The number of H-pyrrole nitrogens is 1. The van der Waals surface area contributed by atoms with E-state index in [4.69, 9.17) is 0 Å². The van der Waals surface area contributed by atoms with Crippen LogP contribution >= 0.6 is 0 Å². The summed E-state index contributed by atoms with van der Waals surface area (Å²) in [4.78, 5) is 2.89. The zero-order valence-corrected chi connectivity index (χ0v) is 7.02. The maximum absolute atomic E-state index is 2.89. The predicted octanol–water partition coefficient (Wildman–Crippen LogP) is -2.66. The minimum Gasteiger partial charge on any atom is -1.00 e. The van der Waals surface area contributed by atoms with Gasteiger partial charge in [-0.25, -0.2) is 4.98 Å². The number of pyridine rings is 1. The van der Waals surface area contributed by atoms with Crippen LogP contribution in [0.1, 0.15) is 0 Å². The molecule has 0 aliphatic carbocycles. The highest BCUT2D eigenvalue weighted by Gasteiger charge is 1.65. The molecule has 0 radical (unpaired) electrons. The Hall–Kier alpha value is -0.600. The van der Waals surface area contributed by atoms with E-state index in [-0.39, 0.29) is 12.4 Å². The molecule has 0 aliphatic heterocycles. The van der Waals surface area contributed by atoms with Crippen molar-refractivity contribution in [1.82, 2.24) is 5.32 Å². The Bertz CT molecular complexity index is 94.5. The molecule has 1 rings (SSSR count). The van der Waals surface area contributed by atoms with Gasteiger partial charge in [0, 0.05) is 12.1 Å². The fourth-order valence-electron chi connectivity index (χ4n) is 0.342. The molecule has 0 fully saturated rings. The maximum atomic E-state index is 2.89. The van der Waals surface area contributed by atoms with Gasteiger partial charge in [0.25, 0.3) is 0 Å². The minimum absolute atomic E-state index is 0. The van der Waals surface area contributed by atoms with Crippen LogP contribution in [-0.4, -0.2) is 14.1 Å². The monoisotopic (exact) mass is 160 g/mol. The van der Waals surface area contributed by atoms with Gasteiger partial charge in [0.15, 0.2) is 12.4 Å². The number of rotatable bonds is 0. The van der Waals surface area contributed by atoms with Gasteiger partial charge in [-0.1, -0.05) is 6.07 Å². The molecule has 0 unspecified atom stereocenters. The molecular formula is C7H13ClN2. The lowest BCUT2D eigenvalue weighted by Gasteiger charge is -1.63. The standard InChI is InChI=1S/C5H5N.C2H7N.ClH/c1-2-4-6-5-3-1;1-3-2;/h1-5H;3H,1-2H3;1H. The summed E-state index contributed by atoms with van der Waals surface area (Å²) in [5.74, 6) is 0. The first-order valence-electron chi connectivity index (χ1n) is 2.91. The van der Waals surface area contributed by atoms with Crippen LogP contribution in [0.5, 0.6) is 0 Å². The van der Waals surface area contributed by atoms with Crippen LogP contribution in [-0.2, 0) is 0 Å². The molecule has 2 nitrogen and oxygen atoms in total. The fraction of sp³-hybridized carbons (Fsp3) is 0.286. The van der Waals surface area contributed by atoms with Crippen molar-refractivity contribution in [3.8, 4) is 0 Å². The topological polar surface area (TPSA) is 26.2 Å². The Kier molecular flexibility index (Phi) is 13.6. The summed E-state index contributed by atoms with van der Waals surface area (Å²) in [5.41, 5.74) is 0. The van der Waals surface area contributed by atoms with Crippen molar-refractivity contribution >= 4 is 0 Å². The summed E-state index contributed by atoms with van der Waals surface area (Å²) < 4.78 is 0. The quantitative estimate of drug-likeness (QED) is 0.441. The Balaban J connectivity index is 0. The third-order valence-electron chi connectivity index (χ3n) is 0.607. The minimum atomic E-state index is 0. The van der Waals surface area contributed by atoms with Gasteiger partial charge in [-0.2, -0.15) is 0 Å². The molecule has 0 aliphatic rings. The highest BCUT2D eigenvalue weighted by atomic mass is 35.5. The number of halogens is 1. The summed E-state index contributed by atoms with van der Waals surface area (Å²) in [6.45, 7) is 0. The molecule has 1 heterocycles. The lowest BCUT2D eigenvalue weighted by Crippen LogP contribution is -3.00. The first kappa shape index (κ1) is 12.1. The molecule has 0 amide bonds. The van der Waals surface area contributed by atoms with E-state index in [0.29, 0.717) is 0 Å². The zero-order valence-electron chi connectivity index (χ0n) is 6.26. The summed E-state index contributed by atoms with van der Waals surface area (Å²) >= 11 is 0. The second kappa shape index (κ2) is 11.2. The van der Waals surface area contributed by atoms with Crippen molar-refractivity contribution in [2.75, 3.05) is 14.1 Å². The molecule has 0 atom stereocenters. The van der Waals surface area contributed by atoms with E-state index < -0.39 is 0 Å². The van der Waals surface area contributed by atoms with Gasteiger partial charge in [0.2, 0.25) is 0 Å². The summed E-state index contributed by atoms with van der Waals surface area (Å²) in [5, 5.41) is 2.75. The van der Waals surface area contributed by atoms with Crippen molar-refractivity contribution in [3.63, 3.8) is 0 Å². The van der Waals surface area contributed by atoms with Gasteiger partial charge < -0.3 is 17.7 Å². The second-order valence-electron chi connectivity index (χ2n) is 1.58. The number of aromatic amines is 1. The number of hydrogen-bond donors (Lipinski definition) is 1. The maximum Gasteiger partial charge on any atom is 0.166 e. The van der Waals surface area contributed by atoms with E-state index in [2.05, 4.69) is 10.3 Å². The van der Waals surface area contributed by atoms with Crippen molar-refractivity contribution < 1.29 is 17.4 Å². The van der Waals surface area contributed by atoms with Gasteiger partial charge in [-0.3, -0.25) is 0 Å². The Labute approximate surface area is 68.1 Å². The molecule has 0 saturated heterocycles. The molecule has 2 N–H and O–H groups in total. The van der Waals surface area contributed by atoms with Gasteiger partial charge in [0.05, 0.1) is 0 Å². The van der Waals surface area contributed by atoms with E-state index >= 15 is 0 Å². The molecule has 3 heteroatoms. The molecule has 1 aromatic rings. The van der Waals surface area contributed by atoms with Crippen LogP contribution in [0.3, 0.4) is 0 Å². The van der Waals surface area contributed by atoms with Gasteiger partial charge in [-0.05, 0) is 14.1 Å². The Morgan fingerprint density at radius 1 is 1.00 bits per heavy atom. The van der Waals surface area contributed by atoms with Crippen molar-refractivity contribution in [2.45, 2.75) is 0 Å². The summed E-state index contributed by atoms with van der Waals surface area (Å²) in [6.07, 6.45) is 3.75. The van der Waals surface area contributed by atoms with E-state index in [0.717, 1.165) is 0 Å². The third kappa shape index (κ3) is 10.4. The highest BCUT2D eigenvalue weighted by molar-refractivity contribution is 4.82. The second-order valence-corrected chi connectivity index (χ2v) is 1.58. The largest absolute Gasteiger partial charge is 1.00 e. The lowest BCUT2D eigenvalue weighted by molar-refractivity contribution is -0.377. The average Bonchev–Trinajstić information content (AvgIpc) is 1.93. The van der Waals surface area contributed by atoms with Gasteiger partial charge in [-0.15, -0.1) is 0 Å². The number of nitrogens with one attached hydrogen (secondary N) is 2. The SMILES string of the molecule is CNC.[Cl-].c1cc[nH+]cc1. The van der Waals surface area contributed by atoms with Crippen molar-refractivity contribution in [1.29, 1.82) is 0 Å². The number of aromatic nitrogens is 1. The molecule has 10 heavy (non-hydrogen) atoms. The predicted molar refractivity (Wildman–Crippen MR) is 38.0 cm³/mol. The van der Waals surface area contributed by atoms with Gasteiger partial charge >= 0.3 is 0 Å². The lowest BCUT2D eigenvalue weighted by atomic mass is 10.5. The molecule has 0 spiro atoms. The fourth-order valence-corrected chi connectivity index (χ4v) is 0.342.